The Hall–Kier alpha value is -0.910. The Labute approximate surface area is 167 Å². The zero-order valence-corrected chi connectivity index (χ0v) is 17.1. The van der Waals surface area contributed by atoms with Gasteiger partial charge in [-0.3, -0.25) is 9.69 Å². The van der Waals surface area contributed by atoms with Gasteiger partial charge in [0.25, 0.3) is 0 Å². The third kappa shape index (κ3) is 1.61. The molecule has 8 atom stereocenters. The molecule has 6 rings (SSSR count). The van der Waals surface area contributed by atoms with E-state index in [9.17, 15) is 15.0 Å². The minimum absolute atomic E-state index is 0.117. The fraction of sp³-hybridized carbons (Fsp3) is 0.870. The normalized spacial score (nSPS) is 53.9. The molecule has 154 valence electrons. The largest absolute Gasteiger partial charge is 0.469 e. The van der Waals surface area contributed by atoms with E-state index >= 15 is 0 Å². The van der Waals surface area contributed by atoms with Crippen LogP contribution in [0.15, 0.2) is 11.1 Å². The number of carbonyl (C=O) groups excluding carboxylic acids is 1. The lowest BCUT2D eigenvalue weighted by Gasteiger charge is -2.69. The van der Waals surface area contributed by atoms with Gasteiger partial charge in [0.15, 0.2) is 0 Å². The first-order valence-corrected chi connectivity index (χ1v) is 11.3. The van der Waals surface area contributed by atoms with Crippen molar-refractivity contribution in [2.75, 3.05) is 26.8 Å². The van der Waals surface area contributed by atoms with Crippen LogP contribution in [0.1, 0.15) is 51.9 Å². The van der Waals surface area contributed by atoms with Gasteiger partial charge in [-0.25, -0.2) is 0 Å². The highest BCUT2D eigenvalue weighted by Gasteiger charge is 2.81. The number of esters is 1. The Bertz CT molecular complexity index is 779. The molecule has 1 spiro atoms. The SMILES string of the molecule is COC(=O)C1CC23C4=C(CCC41)CCC1CN4CC(C)C(CCC12CO)C43O. The smallest absolute Gasteiger partial charge is 0.309 e. The number of aliphatic hydroxyl groups excluding tert-OH is 1. The molecule has 4 bridgehead atoms. The van der Waals surface area contributed by atoms with Crippen LogP contribution in [0.4, 0.5) is 0 Å². The maximum absolute atomic E-state index is 12.8. The molecule has 8 unspecified atom stereocenters. The number of hydrogen-bond donors (Lipinski definition) is 2. The highest BCUT2D eigenvalue weighted by molar-refractivity contribution is 5.75. The number of piperidine rings is 1. The first kappa shape index (κ1) is 17.9. The zero-order chi connectivity index (χ0) is 19.5. The number of methoxy groups -OCH3 is 1. The average molecular weight is 388 g/mol. The van der Waals surface area contributed by atoms with Crippen LogP contribution in [0.25, 0.3) is 0 Å². The van der Waals surface area contributed by atoms with Gasteiger partial charge in [-0.05, 0) is 62.7 Å². The fourth-order valence-corrected chi connectivity index (χ4v) is 9.53. The summed E-state index contributed by atoms with van der Waals surface area (Å²) in [5.74, 6) is 1.00. The molecule has 0 amide bonds. The van der Waals surface area contributed by atoms with Crippen LogP contribution in [0.3, 0.4) is 0 Å². The molecule has 2 saturated heterocycles. The molecular weight excluding hydrogens is 354 g/mol. The lowest BCUT2D eigenvalue weighted by molar-refractivity contribution is -0.305. The molecule has 2 saturated carbocycles. The lowest BCUT2D eigenvalue weighted by atomic mass is 9.42. The topological polar surface area (TPSA) is 70.0 Å². The summed E-state index contributed by atoms with van der Waals surface area (Å²) in [6.07, 6.45) is 6.89. The Kier molecular flexibility index (Phi) is 3.46. The molecule has 0 aromatic carbocycles. The Balaban J connectivity index is 1.66. The van der Waals surface area contributed by atoms with Crippen LogP contribution in [0, 0.1) is 40.4 Å². The van der Waals surface area contributed by atoms with Gasteiger partial charge in [-0.15, -0.1) is 0 Å². The lowest BCUT2D eigenvalue weighted by Crippen LogP contribution is -2.75. The molecule has 4 aliphatic carbocycles. The summed E-state index contributed by atoms with van der Waals surface area (Å²) in [5.41, 5.74) is 1.22. The van der Waals surface area contributed by atoms with E-state index in [1.807, 2.05) is 0 Å². The number of allylic oxidation sites excluding steroid dienone is 1. The van der Waals surface area contributed by atoms with Gasteiger partial charge in [-0.1, -0.05) is 18.1 Å². The summed E-state index contributed by atoms with van der Waals surface area (Å²) in [4.78, 5) is 15.2. The van der Waals surface area contributed by atoms with Crippen molar-refractivity contribution in [1.29, 1.82) is 0 Å². The van der Waals surface area contributed by atoms with Gasteiger partial charge in [0, 0.05) is 29.8 Å². The molecule has 4 fully saturated rings. The molecule has 5 nitrogen and oxygen atoms in total. The van der Waals surface area contributed by atoms with Crippen LogP contribution in [0.2, 0.25) is 0 Å². The third-order valence-corrected chi connectivity index (χ3v) is 10.4. The highest BCUT2D eigenvalue weighted by atomic mass is 16.5. The number of hydrogen-bond acceptors (Lipinski definition) is 5. The van der Waals surface area contributed by atoms with E-state index in [1.165, 1.54) is 18.3 Å². The van der Waals surface area contributed by atoms with E-state index in [2.05, 4.69) is 11.8 Å². The van der Waals surface area contributed by atoms with Crippen molar-refractivity contribution in [3.05, 3.63) is 11.1 Å². The number of carbonyl (C=O) groups is 1. The van der Waals surface area contributed by atoms with Crippen LogP contribution >= 0.6 is 0 Å². The molecule has 2 aliphatic heterocycles. The number of ether oxygens (including phenoxy) is 1. The van der Waals surface area contributed by atoms with Gasteiger partial charge in [-0.2, -0.15) is 0 Å². The monoisotopic (exact) mass is 387 g/mol. The number of nitrogens with zero attached hydrogens (tertiary/aromatic N) is 1. The molecule has 6 aliphatic rings. The molecule has 2 heterocycles. The summed E-state index contributed by atoms with van der Waals surface area (Å²) in [5, 5.41) is 23.6. The first-order chi connectivity index (χ1) is 13.4. The molecule has 0 aromatic rings. The second-order valence-electron chi connectivity index (χ2n) is 10.7. The average Bonchev–Trinajstić information content (AvgIpc) is 3.31. The van der Waals surface area contributed by atoms with E-state index in [1.54, 1.807) is 0 Å². The van der Waals surface area contributed by atoms with Crippen LogP contribution in [-0.4, -0.2) is 53.6 Å². The summed E-state index contributed by atoms with van der Waals surface area (Å²) >= 11 is 0. The van der Waals surface area contributed by atoms with E-state index in [4.69, 9.17) is 4.74 Å². The zero-order valence-electron chi connectivity index (χ0n) is 17.1. The van der Waals surface area contributed by atoms with Gasteiger partial charge >= 0.3 is 5.97 Å². The summed E-state index contributed by atoms with van der Waals surface area (Å²) < 4.78 is 5.25. The summed E-state index contributed by atoms with van der Waals surface area (Å²) in [6.45, 7) is 4.26. The van der Waals surface area contributed by atoms with Crippen LogP contribution in [-0.2, 0) is 9.53 Å². The maximum Gasteiger partial charge on any atom is 0.309 e. The Morgan fingerprint density at radius 3 is 2.79 bits per heavy atom. The highest BCUT2D eigenvalue weighted by Crippen LogP contribution is 2.79. The fourth-order valence-electron chi connectivity index (χ4n) is 9.53. The van der Waals surface area contributed by atoms with E-state index in [0.717, 1.165) is 51.6 Å². The third-order valence-electron chi connectivity index (χ3n) is 10.4. The second kappa shape index (κ2) is 5.41. The molecular formula is C23H33NO4. The standard InChI is InChI=1S/C23H33NO4/c1-13-10-24-11-15-5-3-14-4-6-16-17(20(26)28-2)9-22(19(14)16)21(15,12-25)8-7-18(13)23(22,24)27/h13,15-18,25,27H,3-12H2,1-2H3. The molecule has 0 radical (unpaired) electrons. The second-order valence-corrected chi connectivity index (χ2v) is 10.7. The van der Waals surface area contributed by atoms with Crippen molar-refractivity contribution in [2.24, 2.45) is 40.4 Å². The van der Waals surface area contributed by atoms with Crippen LogP contribution in [0.5, 0.6) is 0 Å². The summed E-state index contributed by atoms with van der Waals surface area (Å²) in [7, 11) is 1.49. The molecule has 2 N–H and O–H groups in total. The number of aliphatic hydroxyl groups is 2. The van der Waals surface area contributed by atoms with Gasteiger partial charge in [0.1, 0.15) is 5.72 Å². The molecule has 28 heavy (non-hydrogen) atoms. The minimum atomic E-state index is -0.916. The maximum atomic E-state index is 12.8. The van der Waals surface area contributed by atoms with Crippen molar-refractivity contribution < 1.29 is 19.7 Å². The predicted molar refractivity (Wildman–Crippen MR) is 103 cm³/mol. The van der Waals surface area contributed by atoms with Crippen molar-refractivity contribution >= 4 is 5.97 Å². The van der Waals surface area contributed by atoms with E-state index in [0.29, 0.717) is 18.3 Å². The quantitative estimate of drug-likeness (QED) is 0.562. The van der Waals surface area contributed by atoms with Crippen molar-refractivity contribution in [3.8, 4) is 0 Å². The molecule has 0 aromatic heterocycles. The van der Waals surface area contributed by atoms with Gasteiger partial charge in [0.2, 0.25) is 0 Å². The van der Waals surface area contributed by atoms with E-state index in [-0.39, 0.29) is 35.7 Å². The van der Waals surface area contributed by atoms with Gasteiger partial charge < -0.3 is 14.9 Å². The molecule has 5 heteroatoms. The Morgan fingerprint density at radius 1 is 1.25 bits per heavy atom. The van der Waals surface area contributed by atoms with E-state index < -0.39 is 11.1 Å². The van der Waals surface area contributed by atoms with Crippen molar-refractivity contribution in [2.45, 2.75) is 57.6 Å². The Morgan fingerprint density at radius 2 is 2.04 bits per heavy atom. The van der Waals surface area contributed by atoms with Crippen LogP contribution < -0.4 is 0 Å². The number of rotatable bonds is 2. The minimum Gasteiger partial charge on any atom is -0.469 e. The van der Waals surface area contributed by atoms with Gasteiger partial charge in [0.05, 0.1) is 19.6 Å². The van der Waals surface area contributed by atoms with Crippen molar-refractivity contribution in [1.82, 2.24) is 4.90 Å². The predicted octanol–water partition coefficient (Wildman–Crippen LogP) is 2.32. The van der Waals surface area contributed by atoms with Crippen molar-refractivity contribution in [3.63, 3.8) is 0 Å². The summed E-state index contributed by atoms with van der Waals surface area (Å²) in [6, 6.07) is 0. The first-order valence-electron chi connectivity index (χ1n) is 11.3.